The number of aromatic nitrogens is 2. The summed E-state index contributed by atoms with van der Waals surface area (Å²) in [6.45, 7) is 7.22. The molecule has 2 heterocycles. The number of amides is 1. The van der Waals surface area contributed by atoms with Gasteiger partial charge in [0.1, 0.15) is 5.82 Å². The largest absolute Gasteiger partial charge is 0.338 e. The van der Waals surface area contributed by atoms with Crippen molar-refractivity contribution in [3.63, 3.8) is 0 Å². The van der Waals surface area contributed by atoms with E-state index in [1.807, 2.05) is 0 Å². The van der Waals surface area contributed by atoms with Crippen LogP contribution in [0.2, 0.25) is 0 Å². The van der Waals surface area contributed by atoms with Gasteiger partial charge in [0.15, 0.2) is 0 Å². The minimum absolute atomic E-state index is 0.294. The summed E-state index contributed by atoms with van der Waals surface area (Å²) in [7, 11) is 2.09. The van der Waals surface area contributed by atoms with Crippen molar-refractivity contribution in [2.24, 2.45) is 0 Å². The Morgan fingerprint density at radius 3 is 2.56 bits per heavy atom. The first-order valence-electron chi connectivity index (χ1n) is 8.28. The first-order chi connectivity index (χ1) is 11.9. The highest BCUT2D eigenvalue weighted by atomic mass is 19.1. The van der Waals surface area contributed by atoms with Crippen LogP contribution in [0, 0.1) is 19.7 Å². The second-order valence-electron chi connectivity index (χ2n) is 6.37. The number of piperazine rings is 1. The lowest BCUT2D eigenvalue weighted by Gasteiger charge is -2.32. The maximum atomic E-state index is 13.2. The summed E-state index contributed by atoms with van der Waals surface area (Å²) in [4.78, 5) is 25.7. The summed E-state index contributed by atoms with van der Waals surface area (Å²) >= 11 is 0. The first kappa shape index (κ1) is 17.3. The molecule has 0 radical (unpaired) electrons. The molecule has 1 saturated heterocycles. The van der Waals surface area contributed by atoms with Gasteiger partial charge in [-0.25, -0.2) is 14.4 Å². The van der Waals surface area contributed by atoms with E-state index in [4.69, 9.17) is 0 Å². The predicted molar refractivity (Wildman–Crippen MR) is 95.6 cm³/mol. The third-order valence-electron chi connectivity index (χ3n) is 4.43. The van der Waals surface area contributed by atoms with Crippen LogP contribution < -0.4 is 10.2 Å². The Hall–Kier alpha value is -2.54. The van der Waals surface area contributed by atoms with Crippen LogP contribution in [0.25, 0.3) is 0 Å². The molecule has 6 nitrogen and oxygen atoms in total. The van der Waals surface area contributed by atoms with E-state index in [1.165, 1.54) is 12.1 Å². The lowest BCUT2D eigenvalue weighted by Crippen LogP contribution is -2.45. The lowest BCUT2D eigenvalue weighted by atomic mass is 10.1. The number of rotatable bonds is 3. The smallest absolute Gasteiger partial charge is 0.259 e. The third-order valence-corrected chi connectivity index (χ3v) is 4.43. The number of aryl methyl sites for hydroxylation is 2. The molecule has 0 aliphatic carbocycles. The number of carbonyl (C=O) groups is 1. The highest BCUT2D eigenvalue weighted by molar-refractivity contribution is 6.05. The van der Waals surface area contributed by atoms with Crippen molar-refractivity contribution in [1.29, 1.82) is 0 Å². The Labute approximate surface area is 146 Å². The maximum absolute atomic E-state index is 13.2. The molecule has 2 aromatic rings. The van der Waals surface area contributed by atoms with Gasteiger partial charge in [-0.15, -0.1) is 0 Å². The molecule has 1 aromatic heterocycles. The van der Waals surface area contributed by atoms with E-state index >= 15 is 0 Å². The van der Waals surface area contributed by atoms with Crippen LogP contribution >= 0.6 is 0 Å². The van der Waals surface area contributed by atoms with E-state index < -0.39 is 0 Å². The van der Waals surface area contributed by atoms with Gasteiger partial charge in [0.25, 0.3) is 5.91 Å². The predicted octanol–water partition coefficient (Wildman–Crippen LogP) is 2.24. The zero-order valence-corrected chi connectivity index (χ0v) is 14.7. The summed E-state index contributed by atoms with van der Waals surface area (Å²) < 4.78 is 13.2. The minimum atomic E-state index is -0.327. The molecule has 0 unspecified atom stereocenters. The Morgan fingerprint density at radius 1 is 1.20 bits per heavy atom. The van der Waals surface area contributed by atoms with Crippen molar-refractivity contribution in [3.8, 4) is 0 Å². The normalized spacial score (nSPS) is 15.3. The Kier molecular flexibility index (Phi) is 4.94. The Morgan fingerprint density at radius 2 is 1.92 bits per heavy atom. The molecule has 1 aromatic carbocycles. The van der Waals surface area contributed by atoms with E-state index in [-0.39, 0.29) is 11.7 Å². The average molecular weight is 343 g/mol. The van der Waals surface area contributed by atoms with Gasteiger partial charge in [0.2, 0.25) is 5.95 Å². The maximum Gasteiger partial charge on any atom is 0.259 e. The van der Waals surface area contributed by atoms with Crippen molar-refractivity contribution >= 4 is 17.5 Å². The fourth-order valence-corrected chi connectivity index (χ4v) is 2.79. The SMILES string of the molecule is Cc1cc(F)ccc1NC(=O)c1cnc(N2CCN(C)CC2)nc1C. The van der Waals surface area contributed by atoms with Crippen LogP contribution in [-0.4, -0.2) is 54.0 Å². The van der Waals surface area contributed by atoms with Gasteiger partial charge < -0.3 is 15.1 Å². The van der Waals surface area contributed by atoms with Gasteiger partial charge in [0, 0.05) is 38.1 Å². The first-order valence-corrected chi connectivity index (χ1v) is 8.28. The number of nitrogens with one attached hydrogen (secondary N) is 1. The topological polar surface area (TPSA) is 61.4 Å². The molecule has 0 bridgehead atoms. The van der Waals surface area contributed by atoms with Gasteiger partial charge in [0.05, 0.1) is 11.3 Å². The molecular weight excluding hydrogens is 321 g/mol. The summed E-state index contributed by atoms with van der Waals surface area (Å²) in [5, 5.41) is 2.79. The molecule has 132 valence electrons. The van der Waals surface area contributed by atoms with E-state index in [9.17, 15) is 9.18 Å². The zero-order chi connectivity index (χ0) is 18.0. The minimum Gasteiger partial charge on any atom is -0.338 e. The monoisotopic (exact) mass is 343 g/mol. The fraction of sp³-hybridized carbons (Fsp3) is 0.389. The third kappa shape index (κ3) is 3.93. The molecule has 25 heavy (non-hydrogen) atoms. The highest BCUT2D eigenvalue weighted by Crippen LogP contribution is 2.18. The molecular formula is C18H22FN5O. The molecule has 1 aliphatic heterocycles. The van der Waals surface area contributed by atoms with Crippen LogP contribution in [0.15, 0.2) is 24.4 Å². The standard InChI is InChI=1S/C18H22FN5O/c1-12-10-14(19)4-5-16(12)22-17(25)15-11-20-18(21-13(15)2)24-8-6-23(3)7-9-24/h4-5,10-11H,6-9H2,1-3H3,(H,22,25). The number of anilines is 2. The van der Waals surface area contributed by atoms with Crippen LogP contribution in [0.4, 0.5) is 16.0 Å². The molecule has 1 amide bonds. The van der Waals surface area contributed by atoms with Crippen molar-refractivity contribution < 1.29 is 9.18 Å². The van der Waals surface area contributed by atoms with Crippen LogP contribution in [0.1, 0.15) is 21.6 Å². The van der Waals surface area contributed by atoms with Crippen molar-refractivity contribution in [3.05, 3.63) is 47.0 Å². The van der Waals surface area contributed by atoms with E-state index in [0.29, 0.717) is 28.5 Å². The van der Waals surface area contributed by atoms with E-state index in [1.54, 1.807) is 26.1 Å². The van der Waals surface area contributed by atoms with Crippen LogP contribution in [0.3, 0.4) is 0 Å². The van der Waals surface area contributed by atoms with Crippen molar-refractivity contribution in [2.75, 3.05) is 43.4 Å². The summed E-state index contributed by atoms with van der Waals surface area (Å²) in [5.74, 6) is 0.0313. The highest BCUT2D eigenvalue weighted by Gasteiger charge is 2.19. The molecule has 7 heteroatoms. The van der Waals surface area contributed by atoms with Gasteiger partial charge in [-0.05, 0) is 44.7 Å². The van der Waals surface area contributed by atoms with Gasteiger partial charge in [-0.2, -0.15) is 0 Å². The number of hydrogen-bond donors (Lipinski definition) is 1. The number of hydrogen-bond acceptors (Lipinski definition) is 5. The van der Waals surface area contributed by atoms with Gasteiger partial charge in [-0.1, -0.05) is 0 Å². The summed E-state index contributed by atoms with van der Waals surface area (Å²) in [6.07, 6.45) is 1.56. The summed E-state index contributed by atoms with van der Waals surface area (Å²) in [6, 6.07) is 4.26. The van der Waals surface area contributed by atoms with Gasteiger partial charge >= 0.3 is 0 Å². The number of carbonyl (C=O) groups excluding carboxylic acids is 1. The number of nitrogens with zero attached hydrogens (tertiary/aromatic N) is 4. The summed E-state index contributed by atoms with van der Waals surface area (Å²) in [5.41, 5.74) is 2.29. The second-order valence-corrected chi connectivity index (χ2v) is 6.37. The molecule has 0 atom stereocenters. The van der Waals surface area contributed by atoms with Crippen molar-refractivity contribution in [2.45, 2.75) is 13.8 Å². The Balaban J connectivity index is 1.75. The fourth-order valence-electron chi connectivity index (χ4n) is 2.79. The number of halogens is 1. The molecule has 3 rings (SSSR count). The van der Waals surface area contributed by atoms with E-state index in [2.05, 4.69) is 32.1 Å². The molecule has 1 aliphatic rings. The van der Waals surface area contributed by atoms with Gasteiger partial charge in [-0.3, -0.25) is 4.79 Å². The van der Waals surface area contributed by atoms with Crippen LogP contribution in [-0.2, 0) is 0 Å². The Bertz CT molecular complexity index is 787. The molecule has 1 fully saturated rings. The zero-order valence-electron chi connectivity index (χ0n) is 14.7. The number of likely N-dealkylation sites (N-methyl/N-ethyl adjacent to an activating group) is 1. The molecule has 1 N–H and O–H groups in total. The number of benzene rings is 1. The van der Waals surface area contributed by atoms with Crippen molar-refractivity contribution in [1.82, 2.24) is 14.9 Å². The quantitative estimate of drug-likeness (QED) is 0.926. The molecule has 0 spiro atoms. The lowest BCUT2D eigenvalue weighted by molar-refractivity contribution is 0.102. The van der Waals surface area contributed by atoms with Crippen LogP contribution in [0.5, 0.6) is 0 Å². The molecule has 0 saturated carbocycles. The second kappa shape index (κ2) is 7.14. The van der Waals surface area contributed by atoms with E-state index in [0.717, 1.165) is 26.2 Å². The average Bonchev–Trinajstić information content (AvgIpc) is 2.58.